The number of rotatable bonds is 1. The second-order valence-electron chi connectivity index (χ2n) is 3.39. The Morgan fingerprint density at radius 2 is 1.82 bits per heavy atom. The molecule has 1 radical (unpaired) electrons. The van der Waals surface area contributed by atoms with E-state index in [0.717, 1.165) is 0 Å². The second-order valence-corrected chi connectivity index (χ2v) is 3.39. The summed E-state index contributed by atoms with van der Waals surface area (Å²) in [5.74, 6) is 0. The molecule has 0 spiro atoms. The first-order chi connectivity index (χ1) is 4.88. The third kappa shape index (κ3) is 2.03. The molecule has 65 valence electrons. The first kappa shape index (κ1) is 9.67. The summed E-state index contributed by atoms with van der Waals surface area (Å²) in [6.45, 7) is 5.91. The van der Waals surface area contributed by atoms with Gasteiger partial charge in [-0.1, -0.05) is 19.8 Å². The summed E-state index contributed by atoms with van der Waals surface area (Å²) in [5.41, 5.74) is 0. The minimum absolute atomic E-state index is 0. The van der Waals surface area contributed by atoms with Gasteiger partial charge in [0.25, 0.3) is 0 Å². The molecule has 2 rings (SSSR count). The average molecular weight is 325 g/mol. The molecule has 2 heterocycles. The summed E-state index contributed by atoms with van der Waals surface area (Å²) in [6, 6.07) is 1.39. The van der Waals surface area contributed by atoms with Gasteiger partial charge >= 0.3 is 0 Å². The largest absolute Gasteiger partial charge is 0.655 e. The minimum Gasteiger partial charge on any atom is -0.655 e. The van der Waals surface area contributed by atoms with Crippen LogP contribution in [0.15, 0.2) is 0 Å². The van der Waals surface area contributed by atoms with Crippen molar-refractivity contribution in [2.75, 3.05) is 19.6 Å². The zero-order chi connectivity index (χ0) is 6.97. The van der Waals surface area contributed by atoms with Gasteiger partial charge in [0.15, 0.2) is 0 Å². The predicted octanol–water partition coefficient (Wildman–Crippen LogP) is 1.22. The molecule has 3 heteroatoms. The number of hydrogen-bond donors (Lipinski definition) is 0. The molecule has 0 amide bonds. The second kappa shape index (κ2) is 4.00. The van der Waals surface area contributed by atoms with Crippen molar-refractivity contribution in [1.82, 2.24) is 4.90 Å². The Labute approximate surface area is 82.4 Å². The monoisotopic (exact) mass is 326 g/mol. The maximum atomic E-state index is 4.65. The van der Waals surface area contributed by atoms with Crippen LogP contribution in [0.2, 0.25) is 0 Å². The Morgan fingerprint density at radius 3 is 2.27 bits per heavy atom. The fourth-order valence-electron chi connectivity index (χ4n) is 2.04. The van der Waals surface area contributed by atoms with E-state index < -0.39 is 0 Å². The molecule has 2 aliphatic heterocycles. The van der Waals surface area contributed by atoms with Crippen molar-refractivity contribution in [3.8, 4) is 0 Å². The molecule has 2 saturated heterocycles. The molecule has 0 aliphatic carbocycles. The quantitative estimate of drug-likeness (QED) is 0.709. The normalized spacial score (nSPS) is 36.8. The van der Waals surface area contributed by atoms with Crippen LogP contribution < -0.4 is 0 Å². The molecule has 0 aromatic heterocycles. The van der Waals surface area contributed by atoms with Gasteiger partial charge in [0.05, 0.1) is 0 Å². The van der Waals surface area contributed by atoms with Crippen molar-refractivity contribution in [3.05, 3.63) is 5.32 Å². The fourth-order valence-corrected chi connectivity index (χ4v) is 2.04. The van der Waals surface area contributed by atoms with Crippen molar-refractivity contribution in [2.45, 2.75) is 31.8 Å². The van der Waals surface area contributed by atoms with E-state index >= 15 is 0 Å². The molecular formula is C8H15N2Re-. The van der Waals surface area contributed by atoms with Crippen molar-refractivity contribution in [1.29, 1.82) is 0 Å². The van der Waals surface area contributed by atoms with Crippen LogP contribution in [-0.2, 0) is 20.4 Å². The Balaban J connectivity index is 0.000000605. The van der Waals surface area contributed by atoms with Gasteiger partial charge < -0.3 is 10.2 Å². The van der Waals surface area contributed by atoms with Gasteiger partial charge in [0.1, 0.15) is 0 Å². The third-order valence-corrected chi connectivity index (χ3v) is 2.64. The van der Waals surface area contributed by atoms with Crippen LogP contribution in [0.3, 0.4) is 0 Å². The summed E-state index contributed by atoms with van der Waals surface area (Å²) in [4.78, 5) is 2.52. The number of fused-ring (bicyclic) bond motifs is 2. The van der Waals surface area contributed by atoms with Gasteiger partial charge in [0, 0.05) is 20.4 Å². The molecule has 0 saturated carbocycles. The van der Waals surface area contributed by atoms with Crippen LogP contribution in [0.1, 0.15) is 19.8 Å². The number of likely N-dealkylation sites (tertiary alicyclic amines) is 1. The number of nitrogens with zero attached hydrogens (tertiary/aromatic N) is 2. The Kier molecular flexibility index (Phi) is 3.52. The molecule has 0 aromatic carbocycles. The van der Waals surface area contributed by atoms with Crippen molar-refractivity contribution < 1.29 is 20.4 Å². The van der Waals surface area contributed by atoms with E-state index in [1.54, 1.807) is 0 Å². The maximum absolute atomic E-state index is 4.65. The van der Waals surface area contributed by atoms with Crippen LogP contribution in [0.5, 0.6) is 0 Å². The molecule has 2 aliphatic rings. The minimum atomic E-state index is 0. The van der Waals surface area contributed by atoms with E-state index in [1.165, 1.54) is 32.5 Å². The molecule has 2 atom stereocenters. The van der Waals surface area contributed by atoms with E-state index in [1.807, 2.05) is 0 Å². The first-order valence-corrected chi connectivity index (χ1v) is 4.31. The Bertz CT molecular complexity index is 117. The zero-order valence-corrected chi connectivity index (χ0v) is 9.68. The topological polar surface area (TPSA) is 17.3 Å². The van der Waals surface area contributed by atoms with E-state index in [0.29, 0.717) is 12.1 Å². The van der Waals surface area contributed by atoms with Gasteiger partial charge in [-0.05, 0) is 19.6 Å². The van der Waals surface area contributed by atoms with E-state index in [2.05, 4.69) is 17.1 Å². The average Bonchev–Trinajstić information content (AvgIpc) is 2.30. The Morgan fingerprint density at radius 1 is 1.27 bits per heavy atom. The van der Waals surface area contributed by atoms with Crippen LogP contribution in [0.25, 0.3) is 5.32 Å². The van der Waals surface area contributed by atoms with Gasteiger partial charge in [-0.2, -0.15) is 0 Å². The molecule has 2 nitrogen and oxygen atoms in total. The van der Waals surface area contributed by atoms with Gasteiger partial charge in [-0.25, -0.2) is 0 Å². The molecule has 0 N–H and O–H groups in total. The summed E-state index contributed by atoms with van der Waals surface area (Å²) < 4.78 is 0. The van der Waals surface area contributed by atoms with Crippen LogP contribution in [0, 0.1) is 0 Å². The molecular weight excluding hydrogens is 310 g/mol. The summed E-state index contributed by atoms with van der Waals surface area (Å²) in [7, 11) is 0. The maximum Gasteiger partial charge on any atom is 0 e. The molecule has 11 heavy (non-hydrogen) atoms. The molecule has 0 aromatic rings. The molecule has 2 fully saturated rings. The Hall–Kier alpha value is 0.582. The number of hydrogen-bond acceptors (Lipinski definition) is 1. The van der Waals surface area contributed by atoms with Gasteiger partial charge in [-0.15, -0.1) is 12.1 Å². The van der Waals surface area contributed by atoms with E-state index in [4.69, 9.17) is 0 Å². The predicted molar refractivity (Wildman–Crippen MR) is 42.3 cm³/mol. The van der Waals surface area contributed by atoms with Crippen molar-refractivity contribution in [2.24, 2.45) is 0 Å². The van der Waals surface area contributed by atoms with Crippen LogP contribution >= 0.6 is 0 Å². The number of likely N-dealkylation sites (N-methyl/N-ethyl adjacent to an activating group) is 1. The zero-order valence-electron chi connectivity index (χ0n) is 6.96. The molecule has 2 bridgehead atoms. The van der Waals surface area contributed by atoms with Gasteiger partial charge in [-0.3, -0.25) is 0 Å². The van der Waals surface area contributed by atoms with Gasteiger partial charge in [0.2, 0.25) is 0 Å². The van der Waals surface area contributed by atoms with Crippen molar-refractivity contribution >= 4 is 0 Å². The summed E-state index contributed by atoms with van der Waals surface area (Å²) in [5, 5.41) is 4.65. The standard InChI is InChI=1S/C8H15N2.Re/c1-2-10-5-7-3-4-8(6-10)9-7;/h7-8H,2-6H2,1H3;/q-1;/t7-,8?;/m0./s1. The number of piperazine rings is 1. The van der Waals surface area contributed by atoms with Crippen LogP contribution in [0.4, 0.5) is 0 Å². The molecule has 1 unspecified atom stereocenters. The SMILES string of the molecule is CCN1CC2CC[C@@H](C1)[N-]2.[Re]. The fraction of sp³-hybridized carbons (Fsp3) is 1.00. The summed E-state index contributed by atoms with van der Waals surface area (Å²) >= 11 is 0. The summed E-state index contributed by atoms with van der Waals surface area (Å²) in [6.07, 6.45) is 2.70. The van der Waals surface area contributed by atoms with Crippen LogP contribution in [-0.4, -0.2) is 36.6 Å². The van der Waals surface area contributed by atoms with E-state index in [-0.39, 0.29) is 20.4 Å². The van der Waals surface area contributed by atoms with Crippen molar-refractivity contribution in [3.63, 3.8) is 0 Å². The third-order valence-electron chi connectivity index (χ3n) is 2.64. The smallest absolute Gasteiger partial charge is 0 e. The van der Waals surface area contributed by atoms with E-state index in [9.17, 15) is 0 Å². The first-order valence-electron chi connectivity index (χ1n) is 4.31.